The third kappa shape index (κ3) is 3.51. The number of aliphatic hydroxyl groups excluding tert-OH is 1. The van der Waals surface area contributed by atoms with E-state index in [1.165, 1.54) is 6.42 Å². The van der Waals surface area contributed by atoms with Crippen LogP contribution in [0.5, 0.6) is 0 Å². The molecule has 0 aromatic heterocycles. The van der Waals surface area contributed by atoms with Crippen LogP contribution >= 0.6 is 0 Å². The second-order valence-electron chi connectivity index (χ2n) is 3.77. The van der Waals surface area contributed by atoms with Crippen LogP contribution in [0.3, 0.4) is 0 Å². The molecule has 5 nitrogen and oxygen atoms in total. The highest BCUT2D eigenvalue weighted by Gasteiger charge is 2.19. The van der Waals surface area contributed by atoms with E-state index in [-0.39, 0.29) is 12.6 Å². The van der Waals surface area contributed by atoms with Gasteiger partial charge in [0.1, 0.15) is 0 Å². The number of guanidine groups is 1. The van der Waals surface area contributed by atoms with Crippen LogP contribution in [-0.2, 0) is 0 Å². The first-order valence-corrected chi connectivity index (χ1v) is 5.14. The van der Waals surface area contributed by atoms with Crippen LogP contribution in [0, 0.1) is 11.3 Å². The lowest BCUT2D eigenvalue weighted by atomic mass is 9.98. The minimum Gasteiger partial charge on any atom is -0.395 e. The third-order valence-electron chi connectivity index (χ3n) is 2.58. The van der Waals surface area contributed by atoms with E-state index in [4.69, 9.17) is 16.2 Å². The van der Waals surface area contributed by atoms with Crippen molar-refractivity contribution in [2.45, 2.75) is 12.8 Å². The molecule has 1 fully saturated rings. The lowest BCUT2D eigenvalue weighted by molar-refractivity contribution is 0.239. The molecular formula is C9H20N4O. The molecule has 0 spiro atoms. The highest BCUT2D eigenvalue weighted by Crippen LogP contribution is 2.14. The zero-order chi connectivity index (χ0) is 10.4. The number of nitrogens with zero attached hydrogens (tertiary/aromatic N) is 1. The Hall–Kier alpha value is -0.810. The van der Waals surface area contributed by atoms with Crippen molar-refractivity contribution in [1.82, 2.24) is 10.2 Å². The summed E-state index contributed by atoms with van der Waals surface area (Å²) in [4.78, 5) is 1.91. The van der Waals surface area contributed by atoms with Gasteiger partial charge in [-0.05, 0) is 25.3 Å². The van der Waals surface area contributed by atoms with E-state index in [1.807, 2.05) is 4.90 Å². The topological polar surface area (TPSA) is 85.4 Å². The highest BCUT2D eigenvalue weighted by molar-refractivity contribution is 5.74. The molecule has 1 saturated heterocycles. The molecule has 0 aromatic carbocycles. The van der Waals surface area contributed by atoms with Crippen molar-refractivity contribution in [2.75, 3.05) is 32.8 Å². The number of hydrogen-bond donors (Lipinski definition) is 4. The lowest BCUT2D eigenvalue weighted by Gasteiger charge is -2.33. The Bertz CT molecular complexity index is 186. The number of rotatable bonds is 4. The molecule has 1 aliphatic heterocycles. The second-order valence-corrected chi connectivity index (χ2v) is 3.77. The molecule has 14 heavy (non-hydrogen) atoms. The molecule has 5 N–H and O–H groups in total. The summed E-state index contributed by atoms with van der Waals surface area (Å²) in [5.41, 5.74) is 5.43. The van der Waals surface area contributed by atoms with Crippen LogP contribution in [0.1, 0.15) is 12.8 Å². The summed E-state index contributed by atoms with van der Waals surface area (Å²) >= 11 is 0. The van der Waals surface area contributed by atoms with Crippen molar-refractivity contribution in [3.63, 3.8) is 0 Å². The maximum absolute atomic E-state index is 8.61. The Morgan fingerprint density at radius 1 is 1.64 bits per heavy atom. The minimum absolute atomic E-state index is 0.178. The SMILES string of the molecule is N=C(N)N1CCCC(CNCCO)C1. The number of aliphatic hydroxyl groups is 1. The van der Waals surface area contributed by atoms with Crippen LogP contribution < -0.4 is 11.1 Å². The van der Waals surface area contributed by atoms with Gasteiger partial charge in [0.25, 0.3) is 0 Å². The summed E-state index contributed by atoms with van der Waals surface area (Å²) in [7, 11) is 0. The first-order chi connectivity index (χ1) is 6.74. The summed E-state index contributed by atoms with van der Waals surface area (Å²) in [5, 5.41) is 19.1. The standard InChI is InChI=1S/C9H20N4O/c10-9(11)13-4-1-2-8(7-13)6-12-3-5-14/h8,12,14H,1-7H2,(H3,10,11). The molecule has 1 heterocycles. The van der Waals surface area contributed by atoms with Crippen molar-refractivity contribution in [3.8, 4) is 0 Å². The number of nitrogens with two attached hydrogens (primary N) is 1. The Kier molecular flexibility index (Phi) is 4.69. The molecule has 0 aromatic rings. The summed E-state index contributed by atoms with van der Waals surface area (Å²) in [6.45, 7) is 3.52. The van der Waals surface area contributed by atoms with Crippen LogP contribution in [-0.4, -0.2) is 48.8 Å². The minimum atomic E-state index is 0.178. The first-order valence-electron chi connectivity index (χ1n) is 5.14. The molecular weight excluding hydrogens is 180 g/mol. The van der Waals surface area contributed by atoms with Gasteiger partial charge in [-0.1, -0.05) is 0 Å². The normalized spacial score (nSPS) is 22.4. The van der Waals surface area contributed by atoms with E-state index in [1.54, 1.807) is 0 Å². The van der Waals surface area contributed by atoms with Gasteiger partial charge in [0.05, 0.1) is 6.61 Å². The van der Waals surface area contributed by atoms with Crippen molar-refractivity contribution in [3.05, 3.63) is 0 Å². The lowest BCUT2D eigenvalue weighted by Crippen LogP contribution is -2.45. The van der Waals surface area contributed by atoms with Gasteiger partial charge in [-0.25, -0.2) is 0 Å². The Balaban J connectivity index is 2.22. The van der Waals surface area contributed by atoms with Crippen molar-refractivity contribution in [1.29, 1.82) is 5.41 Å². The molecule has 1 aliphatic rings. The summed E-state index contributed by atoms with van der Waals surface area (Å²) in [6.07, 6.45) is 2.28. The van der Waals surface area contributed by atoms with E-state index >= 15 is 0 Å². The number of piperidine rings is 1. The van der Waals surface area contributed by atoms with Gasteiger partial charge < -0.3 is 21.1 Å². The average Bonchev–Trinajstić information content (AvgIpc) is 2.19. The molecule has 82 valence electrons. The fourth-order valence-electron chi connectivity index (χ4n) is 1.84. The van der Waals surface area contributed by atoms with E-state index in [0.29, 0.717) is 12.5 Å². The molecule has 0 amide bonds. The Morgan fingerprint density at radius 3 is 3.07 bits per heavy atom. The maximum atomic E-state index is 8.61. The summed E-state index contributed by atoms with van der Waals surface area (Å²) < 4.78 is 0. The summed E-state index contributed by atoms with van der Waals surface area (Å²) in [6, 6.07) is 0. The van der Waals surface area contributed by atoms with Crippen LogP contribution in [0.25, 0.3) is 0 Å². The quantitative estimate of drug-likeness (QED) is 0.271. The molecule has 1 unspecified atom stereocenters. The van der Waals surface area contributed by atoms with Gasteiger partial charge in [-0.3, -0.25) is 5.41 Å². The van der Waals surface area contributed by atoms with Gasteiger partial charge in [-0.15, -0.1) is 0 Å². The van der Waals surface area contributed by atoms with E-state index in [9.17, 15) is 0 Å². The largest absolute Gasteiger partial charge is 0.395 e. The molecule has 1 rings (SSSR count). The molecule has 0 saturated carbocycles. The fraction of sp³-hybridized carbons (Fsp3) is 0.889. The molecule has 5 heteroatoms. The molecule has 1 atom stereocenters. The monoisotopic (exact) mass is 200 g/mol. The number of nitrogens with one attached hydrogen (secondary N) is 2. The van der Waals surface area contributed by atoms with Crippen LogP contribution in [0.2, 0.25) is 0 Å². The zero-order valence-electron chi connectivity index (χ0n) is 8.50. The zero-order valence-corrected chi connectivity index (χ0v) is 8.50. The van der Waals surface area contributed by atoms with E-state index in [2.05, 4.69) is 5.32 Å². The predicted octanol–water partition coefficient (Wildman–Crippen LogP) is -0.826. The second kappa shape index (κ2) is 5.82. The third-order valence-corrected chi connectivity index (χ3v) is 2.58. The van der Waals surface area contributed by atoms with Gasteiger partial charge in [0, 0.05) is 19.6 Å². The van der Waals surface area contributed by atoms with Gasteiger partial charge in [0.2, 0.25) is 0 Å². The van der Waals surface area contributed by atoms with Gasteiger partial charge >= 0.3 is 0 Å². The van der Waals surface area contributed by atoms with Crippen molar-refractivity contribution >= 4 is 5.96 Å². The van der Waals surface area contributed by atoms with Gasteiger partial charge in [-0.2, -0.15) is 0 Å². The van der Waals surface area contributed by atoms with Crippen LogP contribution in [0.4, 0.5) is 0 Å². The molecule has 0 radical (unpaired) electrons. The number of likely N-dealkylation sites (tertiary alicyclic amines) is 1. The smallest absolute Gasteiger partial charge is 0.188 e. The van der Waals surface area contributed by atoms with E-state index in [0.717, 1.165) is 26.1 Å². The van der Waals surface area contributed by atoms with Crippen molar-refractivity contribution < 1.29 is 5.11 Å². The number of hydrogen-bond acceptors (Lipinski definition) is 3. The Morgan fingerprint density at radius 2 is 2.43 bits per heavy atom. The maximum Gasteiger partial charge on any atom is 0.188 e. The average molecular weight is 200 g/mol. The van der Waals surface area contributed by atoms with Gasteiger partial charge in [0.15, 0.2) is 5.96 Å². The van der Waals surface area contributed by atoms with Crippen molar-refractivity contribution in [2.24, 2.45) is 11.7 Å². The van der Waals surface area contributed by atoms with E-state index < -0.39 is 0 Å². The first kappa shape index (κ1) is 11.3. The van der Waals surface area contributed by atoms with Crippen LogP contribution in [0.15, 0.2) is 0 Å². The predicted molar refractivity (Wildman–Crippen MR) is 56.2 cm³/mol. The highest BCUT2D eigenvalue weighted by atomic mass is 16.3. The molecule has 0 aliphatic carbocycles. The molecule has 0 bridgehead atoms. The Labute approximate surface area is 84.8 Å². The fourth-order valence-corrected chi connectivity index (χ4v) is 1.84. The summed E-state index contributed by atoms with van der Waals surface area (Å²) in [5.74, 6) is 0.732.